The van der Waals surface area contributed by atoms with Crippen LogP contribution in [-0.2, 0) is 30.0 Å². The topological polar surface area (TPSA) is 57.2 Å². The van der Waals surface area contributed by atoms with Crippen molar-refractivity contribution in [2.45, 2.75) is 70.4 Å². The van der Waals surface area contributed by atoms with Gasteiger partial charge in [-0.1, -0.05) is 13.8 Å². The zero-order valence-electron chi connectivity index (χ0n) is 16.0. The Bertz CT molecular complexity index is 594. The van der Waals surface area contributed by atoms with Crippen LogP contribution in [-0.4, -0.2) is 57.6 Å². The molecule has 8 atom stereocenters. The quantitative estimate of drug-likeness (QED) is 0.646. The predicted octanol–water partition coefficient (Wildman–Crippen LogP) is 2.26. The number of fused-ring (bicyclic) bond motifs is 2. The van der Waals surface area contributed by atoms with Crippen molar-refractivity contribution in [2.75, 3.05) is 24.6 Å². The first-order valence-electron chi connectivity index (χ1n) is 10.2. The summed E-state index contributed by atoms with van der Waals surface area (Å²) in [6.07, 6.45) is 3.89. The highest BCUT2D eigenvalue weighted by Crippen LogP contribution is 2.60. The molecule has 2 bridgehead atoms. The fourth-order valence-corrected chi connectivity index (χ4v) is 7.29. The van der Waals surface area contributed by atoms with E-state index < -0.39 is 22.2 Å². The molecule has 0 aromatic rings. The molecule has 148 valence electrons. The number of rotatable bonds is 1. The minimum absolute atomic E-state index is 0.00790. The van der Waals surface area contributed by atoms with Crippen molar-refractivity contribution in [3.05, 3.63) is 0 Å². The van der Waals surface area contributed by atoms with Gasteiger partial charge in [-0.2, -0.15) is 0 Å². The van der Waals surface area contributed by atoms with Gasteiger partial charge in [-0.15, -0.1) is 0 Å². The lowest BCUT2D eigenvalue weighted by atomic mass is 9.58. The fourth-order valence-electron chi connectivity index (χ4n) is 6.21. The fraction of sp³-hybridized carbons (Fsp3) is 1.00. The SMILES string of the molecule is C[C@H]1[C@H](N2CCS(=O)CC2)O[C@@H]2O[C@@]3(C)CC[C@H]4[C@H](C)CC[C@@H]1[C@@]24OO3. The van der Waals surface area contributed by atoms with Crippen LogP contribution >= 0.6 is 0 Å². The third-order valence-corrected chi connectivity index (χ3v) is 8.97. The third-order valence-electron chi connectivity index (χ3n) is 7.70. The van der Waals surface area contributed by atoms with E-state index in [-0.39, 0.29) is 12.5 Å². The maximum absolute atomic E-state index is 11.8. The molecule has 1 aliphatic carbocycles. The first-order valence-corrected chi connectivity index (χ1v) is 11.7. The number of ether oxygens (including phenoxy) is 2. The van der Waals surface area contributed by atoms with Crippen LogP contribution in [0.5, 0.6) is 0 Å². The Balaban J connectivity index is 1.50. The Labute approximate surface area is 158 Å². The van der Waals surface area contributed by atoms with Crippen LogP contribution in [0.2, 0.25) is 0 Å². The molecule has 6 aliphatic rings. The van der Waals surface area contributed by atoms with Crippen molar-refractivity contribution >= 4 is 10.8 Å². The first kappa shape index (κ1) is 18.0. The Morgan fingerprint density at radius 1 is 1.04 bits per heavy atom. The molecular formula is C19H31NO5S. The summed E-state index contributed by atoms with van der Waals surface area (Å²) in [5.74, 6) is 2.46. The largest absolute Gasteiger partial charge is 0.331 e. The average Bonchev–Trinajstić information content (AvgIpc) is 2.85. The summed E-state index contributed by atoms with van der Waals surface area (Å²) in [7, 11) is -0.680. The molecule has 0 aromatic heterocycles. The summed E-state index contributed by atoms with van der Waals surface area (Å²) in [6, 6.07) is 0. The van der Waals surface area contributed by atoms with Crippen LogP contribution in [0.4, 0.5) is 0 Å². The minimum Gasteiger partial charge on any atom is -0.331 e. The summed E-state index contributed by atoms with van der Waals surface area (Å²) >= 11 is 0. The molecule has 1 saturated carbocycles. The Hall–Kier alpha value is -0.0500. The van der Waals surface area contributed by atoms with E-state index in [9.17, 15) is 4.21 Å². The highest BCUT2D eigenvalue weighted by molar-refractivity contribution is 7.85. The maximum Gasteiger partial charge on any atom is 0.201 e. The summed E-state index contributed by atoms with van der Waals surface area (Å²) in [4.78, 5) is 14.4. The van der Waals surface area contributed by atoms with Gasteiger partial charge in [0.2, 0.25) is 5.79 Å². The monoisotopic (exact) mass is 385 g/mol. The van der Waals surface area contributed by atoms with Crippen molar-refractivity contribution in [2.24, 2.45) is 23.7 Å². The van der Waals surface area contributed by atoms with Gasteiger partial charge < -0.3 is 9.47 Å². The van der Waals surface area contributed by atoms with E-state index in [1.54, 1.807) is 0 Å². The van der Waals surface area contributed by atoms with Gasteiger partial charge >= 0.3 is 0 Å². The van der Waals surface area contributed by atoms with E-state index in [4.69, 9.17) is 19.2 Å². The van der Waals surface area contributed by atoms with Gasteiger partial charge in [0, 0.05) is 53.7 Å². The normalized spacial score (nSPS) is 55.3. The molecule has 6 nitrogen and oxygen atoms in total. The molecule has 5 aliphatic heterocycles. The molecule has 6 rings (SSSR count). The third kappa shape index (κ3) is 2.51. The molecular weight excluding hydrogens is 354 g/mol. The van der Waals surface area contributed by atoms with Gasteiger partial charge in [0.15, 0.2) is 11.9 Å². The van der Waals surface area contributed by atoms with Crippen molar-refractivity contribution in [1.82, 2.24) is 4.90 Å². The molecule has 26 heavy (non-hydrogen) atoms. The highest BCUT2D eigenvalue weighted by Gasteiger charge is 2.69. The van der Waals surface area contributed by atoms with Gasteiger partial charge in [0.05, 0.1) is 0 Å². The molecule has 5 saturated heterocycles. The zero-order chi connectivity index (χ0) is 18.1. The van der Waals surface area contributed by atoms with E-state index in [0.717, 1.165) is 43.9 Å². The van der Waals surface area contributed by atoms with Crippen molar-refractivity contribution in [3.63, 3.8) is 0 Å². The highest BCUT2D eigenvalue weighted by atomic mass is 32.2. The molecule has 0 radical (unpaired) electrons. The van der Waals surface area contributed by atoms with Gasteiger partial charge in [-0.05, 0) is 38.0 Å². The second-order valence-corrected chi connectivity index (χ2v) is 10.9. The number of hydrogen-bond donors (Lipinski definition) is 0. The van der Waals surface area contributed by atoms with Crippen molar-refractivity contribution < 1.29 is 23.5 Å². The molecule has 1 spiro atoms. The second kappa shape index (κ2) is 6.22. The summed E-state index contributed by atoms with van der Waals surface area (Å²) < 4.78 is 24.8. The standard InChI is InChI=1S/C19H31NO5S/c1-12-4-5-15-13(2)16(20-8-10-26(21)11-9-20)22-17-19(15)14(12)6-7-18(3,23-17)24-25-19/h12-17H,4-11H2,1-3H3/t12-,13-,14+,15+,16-,17-,18-,19-/m1/s1. The lowest BCUT2D eigenvalue weighted by Crippen LogP contribution is -2.72. The smallest absolute Gasteiger partial charge is 0.201 e. The van der Waals surface area contributed by atoms with Gasteiger partial charge in [0.1, 0.15) is 6.23 Å². The average molecular weight is 386 g/mol. The van der Waals surface area contributed by atoms with Gasteiger partial charge in [-0.25, -0.2) is 9.78 Å². The Morgan fingerprint density at radius 2 is 1.81 bits per heavy atom. The van der Waals surface area contributed by atoms with Gasteiger partial charge in [0.25, 0.3) is 0 Å². The van der Waals surface area contributed by atoms with E-state index >= 15 is 0 Å². The van der Waals surface area contributed by atoms with Crippen LogP contribution in [0.15, 0.2) is 0 Å². The van der Waals surface area contributed by atoms with Crippen LogP contribution in [0, 0.1) is 23.7 Å². The number of nitrogens with zero attached hydrogens (tertiary/aromatic N) is 1. The van der Waals surface area contributed by atoms with Crippen molar-refractivity contribution in [1.29, 1.82) is 0 Å². The molecule has 0 aromatic carbocycles. The molecule has 0 N–H and O–H groups in total. The molecule has 0 amide bonds. The maximum atomic E-state index is 11.8. The Kier molecular flexibility index (Phi) is 4.31. The van der Waals surface area contributed by atoms with Gasteiger partial charge in [-0.3, -0.25) is 9.11 Å². The predicted molar refractivity (Wildman–Crippen MR) is 96.3 cm³/mol. The summed E-state index contributed by atoms with van der Waals surface area (Å²) in [5, 5.41) is 0. The molecule has 7 heteroatoms. The van der Waals surface area contributed by atoms with Crippen LogP contribution in [0.25, 0.3) is 0 Å². The molecule has 6 fully saturated rings. The number of hydrogen-bond acceptors (Lipinski definition) is 6. The van der Waals surface area contributed by atoms with E-state index in [1.807, 2.05) is 6.92 Å². The summed E-state index contributed by atoms with van der Waals surface area (Å²) in [5.41, 5.74) is -0.484. The lowest BCUT2D eigenvalue weighted by molar-refractivity contribution is -0.574. The van der Waals surface area contributed by atoms with E-state index in [1.165, 1.54) is 6.42 Å². The zero-order valence-corrected chi connectivity index (χ0v) is 16.8. The van der Waals surface area contributed by atoms with Crippen LogP contribution in [0.3, 0.4) is 0 Å². The lowest BCUT2D eigenvalue weighted by Gasteiger charge is -2.61. The summed E-state index contributed by atoms with van der Waals surface area (Å²) in [6.45, 7) is 8.27. The van der Waals surface area contributed by atoms with Crippen molar-refractivity contribution in [3.8, 4) is 0 Å². The molecule has 5 heterocycles. The molecule has 0 unspecified atom stereocenters. The van der Waals surface area contributed by atoms with Crippen LogP contribution < -0.4 is 0 Å². The second-order valence-electron chi connectivity index (χ2n) is 9.18. The first-order chi connectivity index (χ1) is 12.4. The van der Waals surface area contributed by atoms with Crippen LogP contribution in [0.1, 0.15) is 46.5 Å². The van der Waals surface area contributed by atoms with E-state index in [2.05, 4.69) is 18.7 Å². The Morgan fingerprint density at radius 3 is 2.58 bits per heavy atom. The minimum atomic E-state index is -0.716. The van der Waals surface area contributed by atoms with E-state index in [0.29, 0.717) is 23.7 Å².